The zero-order valence-corrected chi connectivity index (χ0v) is 15.9. The molecule has 2 unspecified atom stereocenters. The lowest BCUT2D eigenvalue weighted by Gasteiger charge is -2.25. The number of methoxy groups -OCH3 is 1. The van der Waals surface area contributed by atoms with Crippen molar-refractivity contribution in [2.45, 2.75) is 63.5 Å². The van der Waals surface area contributed by atoms with Gasteiger partial charge < -0.3 is 14.4 Å². The second-order valence-corrected chi connectivity index (χ2v) is 7.53. The van der Waals surface area contributed by atoms with Gasteiger partial charge in [-0.3, -0.25) is 4.79 Å². The van der Waals surface area contributed by atoms with Crippen LogP contribution in [0.25, 0.3) is 0 Å². The quantitative estimate of drug-likeness (QED) is 0.709. The van der Waals surface area contributed by atoms with Crippen LogP contribution in [0.2, 0.25) is 0 Å². The number of nitrogens with zero attached hydrogens (tertiary/aromatic N) is 1. The lowest BCUT2D eigenvalue weighted by Crippen LogP contribution is -2.41. The van der Waals surface area contributed by atoms with E-state index in [0.29, 0.717) is 18.8 Å². The summed E-state index contributed by atoms with van der Waals surface area (Å²) in [6.07, 6.45) is 7.33. The third kappa shape index (κ3) is 4.99. The summed E-state index contributed by atoms with van der Waals surface area (Å²) >= 11 is 0. The maximum Gasteiger partial charge on any atom is 0.328 e. The summed E-state index contributed by atoms with van der Waals surface area (Å²) in [5.41, 5.74) is 0. The monoisotopic (exact) mass is 377 g/mol. The number of halogens is 1. The second-order valence-electron chi connectivity index (χ2n) is 7.53. The minimum atomic E-state index is -0.661. The van der Waals surface area contributed by atoms with Crippen LogP contribution in [0.4, 0.5) is 4.39 Å². The van der Waals surface area contributed by atoms with Crippen molar-refractivity contribution in [3.63, 3.8) is 0 Å². The Morgan fingerprint density at radius 3 is 2.63 bits per heavy atom. The van der Waals surface area contributed by atoms with Crippen molar-refractivity contribution in [2.24, 2.45) is 5.92 Å². The molecular formula is C21H28FNO4. The van der Waals surface area contributed by atoms with E-state index < -0.39 is 23.9 Å². The van der Waals surface area contributed by atoms with Gasteiger partial charge in [0, 0.05) is 12.8 Å². The predicted octanol–water partition coefficient (Wildman–Crippen LogP) is 3.71. The number of para-hydroxylation sites is 1. The molecule has 148 valence electrons. The van der Waals surface area contributed by atoms with E-state index in [9.17, 15) is 14.0 Å². The van der Waals surface area contributed by atoms with E-state index in [1.165, 1.54) is 45.3 Å². The number of likely N-dealkylation sites (tertiary alicyclic amines) is 1. The second kappa shape index (κ2) is 9.20. The molecule has 1 heterocycles. The molecule has 5 nitrogen and oxygen atoms in total. The van der Waals surface area contributed by atoms with Crippen LogP contribution in [-0.4, -0.2) is 42.6 Å². The fourth-order valence-electron chi connectivity index (χ4n) is 4.18. The highest BCUT2D eigenvalue weighted by molar-refractivity contribution is 5.85. The maximum atomic E-state index is 13.9. The van der Waals surface area contributed by atoms with Crippen molar-refractivity contribution in [2.75, 3.05) is 13.7 Å². The SMILES string of the molecule is COC(=O)C1CC(Oc2ccccc2F)CN1C(=O)CCC1CCCCC1. The van der Waals surface area contributed by atoms with Crippen LogP contribution < -0.4 is 4.74 Å². The first-order valence-electron chi connectivity index (χ1n) is 9.87. The summed E-state index contributed by atoms with van der Waals surface area (Å²) < 4.78 is 24.4. The highest BCUT2D eigenvalue weighted by Gasteiger charge is 2.41. The van der Waals surface area contributed by atoms with Gasteiger partial charge in [0.05, 0.1) is 13.7 Å². The molecule has 3 rings (SSSR count). The molecule has 0 spiro atoms. The van der Waals surface area contributed by atoms with Gasteiger partial charge in [-0.2, -0.15) is 0 Å². The zero-order chi connectivity index (χ0) is 19.2. The normalized spacial score (nSPS) is 23.3. The molecule has 1 aromatic carbocycles. The third-order valence-electron chi connectivity index (χ3n) is 5.68. The zero-order valence-electron chi connectivity index (χ0n) is 15.9. The Balaban J connectivity index is 1.61. The highest BCUT2D eigenvalue weighted by Crippen LogP contribution is 2.30. The molecule has 1 aliphatic carbocycles. The van der Waals surface area contributed by atoms with E-state index in [-0.39, 0.29) is 18.2 Å². The minimum Gasteiger partial charge on any atom is -0.485 e. The number of benzene rings is 1. The number of carbonyl (C=O) groups is 2. The van der Waals surface area contributed by atoms with E-state index in [1.54, 1.807) is 23.1 Å². The van der Waals surface area contributed by atoms with E-state index in [0.717, 1.165) is 6.42 Å². The lowest BCUT2D eigenvalue weighted by molar-refractivity contribution is -0.151. The number of hydrogen-bond donors (Lipinski definition) is 0. The molecule has 2 aliphatic rings. The van der Waals surface area contributed by atoms with Gasteiger partial charge in [-0.25, -0.2) is 9.18 Å². The Morgan fingerprint density at radius 1 is 1.19 bits per heavy atom. The molecular weight excluding hydrogens is 349 g/mol. The molecule has 1 saturated heterocycles. The molecule has 0 bridgehead atoms. The van der Waals surface area contributed by atoms with Crippen molar-refractivity contribution in [1.82, 2.24) is 4.90 Å². The topological polar surface area (TPSA) is 55.8 Å². The first-order valence-corrected chi connectivity index (χ1v) is 9.87. The standard InChI is InChI=1S/C21H28FNO4/c1-26-21(25)18-13-16(27-19-10-6-5-9-17(19)22)14-23(18)20(24)12-11-15-7-3-2-4-8-15/h5-6,9-10,15-16,18H,2-4,7-8,11-14H2,1H3. The number of ether oxygens (including phenoxy) is 2. The average molecular weight is 377 g/mol. The number of carbonyl (C=O) groups excluding carboxylic acids is 2. The molecule has 0 radical (unpaired) electrons. The molecule has 1 saturated carbocycles. The van der Waals surface area contributed by atoms with Crippen LogP contribution in [0.15, 0.2) is 24.3 Å². The van der Waals surface area contributed by atoms with E-state index in [2.05, 4.69) is 0 Å². The molecule has 0 N–H and O–H groups in total. The van der Waals surface area contributed by atoms with Crippen molar-refractivity contribution in [3.05, 3.63) is 30.1 Å². The molecule has 1 aromatic rings. The van der Waals surface area contributed by atoms with Gasteiger partial charge in [0.2, 0.25) is 5.91 Å². The van der Waals surface area contributed by atoms with Crippen LogP contribution in [0.5, 0.6) is 5.75 Å². The van der Waals surface area contributed by atoms with Crippen LogP contribution in [0, 0.1) is 11.7 Å². The number of amides is 1. The molecule has 1 aliphatic heterocycles. The summed E-state index contributed by atoms with van der Waals surface area (Å²) in [6, 6.07) is 5.50. The fourth-order valence-corrected chi connectivity index (χ4v) is 4.18. The van der Waals surface area contributed by atoms with Crippen LogP contribution >= 0.6 is 0 Å². The summed E-state index contributed by atoms with van der Waals surface area (Å²) in [7, 11) is 1.32. The van der Waals surface area contributed by atoms with Crippen molar-refractivity contribution < 1.29 is 23.5 Å². The Hall–Kier alpha value is -2.11. The number of hydrogen-bond acceptors (Lipinski definition) is 4. The number of esters is 1. The Kier molecular flexibility index (Phi) is 6.69. The molecule has 2 atom stereocenters. The van der Waals surface area contributed by atoms with Crippen molar-refractivity contribution in [3.8, 4) is 5.75 Å². The van der Waals surface area contributed by atoms with E-state index in [4.69, 9.17) is 9.47 Å². The van der Waals surface area contributed by atoms with Gasteiger partial charge in [0.25, 0.3) is 0 Å². The number of rotatable bonds is 6. The third-order valence-corrected chi connectivity index (χ3v) is 5.68. The molecule has 6 heteroatoms. The largest absolute Gasteiger partial charge is 0.485 e. The first-order chi connectivity index (χ1) is 13.1. The van der Waals surface area contributed by atoms with Gasteiger partial charge in [0.1, 0.15) is 12.1 Å². The first kappa shape index (κ1) is 19.6. The molecule has 2 fully saturated rings. The van der Waals surface area contributed by atoms with Gasteiger partial charge >= 0.3 is 5.97 Å². The fraction of sp³-hybridized carbons (Fsp3) is 0.619. The smallest absolute Gasteiger partial charge is 0.328 e. The highest BCUT2D eigenvalue weighted by atomic mass is 19.1. The van der Waals surface area contributed by atoms with Gasteiger partial charge in [-0.15, -0.1) is 0 Å². The van der Waals surface area contributed by atoms with Crippen LogP contribution in [0.3, 0.4) is 0 Å². The molecule has 27 heavy (non-hydrogen) atoms. The van der Waals surface area contributed by atoms with Crippen LogP contribution in [-0.2, 0) is 14.3 Å². The summed E-state index contributed by atoms with van der Waals surface area (Å²) in [5, 5.41) is 0. The summed E-state index contributed by atoms with van der Waals surface area (Å²) in [4.78, 5) is 26.5. The average Bonchev–Trinajstić information content (AvgIpc) is 3.12. The Labute approximate surface area is 159 Å². The van der Waals surface area contributed by atoms with Crippen molar-refractivity contribution in [1.29, 1.82) is 0 Å². The van der Waals surface area contributed by atoms with Gasteiger partial charge in [-0.1, -0.05) is 44.2 Å². The van der Waals surface area contributed by atoms with E-state index >= 15 is 0 Å². The summed E-state index contributed by atoms with van der Waals surface area (Å²) in [5.74, 6) is -0.194. The Morgan fingerprint density at radius 2 is 1.93 bits per heavy atom. The molecule has 1 amide bonds. The lowest BCUT2D eigenvalue weighted by atomic mass is 9.86. The predicted molar refractivity (Wildman–Crippen MR) is 98.8 cm³/mol. The van der Waals surface area contributed by atoms with E-state index in [1.807, 2.05) is 0 Å². The van der Waals surface area contributed by atoms with Crippen molar-refractivity contribution >= 4 is 11.9 Å². The minimum absolute atomic E-state index is 0.0457. The Bertz CT molecular complexity index is 659. The molecule has 0 aromatic heterocycles. The van der Waals surface area contributed by atoms with Gasteiger partial charge in [0.15, 0.2) is 11.6 Å². The van der Waals surface area contributed by atoms with Crippen LogP contribution in [0.1, 0.15) is 51.4 Å². The van der Waals surface area contributed by atoms with Gasteiger partial charge in [-0.05, 0) is 24.5 Å². The summed E-state index contributed by atoms with van der Waals surface area (Å²) in [6.45, 7) is 0.275. The maximum absolute atomic E-state index is 13.9.